The molecule has 1 amide bonds. The van der Waals surface area contributed by atoms with Crippen LogP contribution < -0.4 is 10.6 Å². The fourth-order valence-electron chi connectivity index (χ4n) is 2.94. The number of carbonyl (C=O) groups excluding carboxylic acids is 1. The van der Waals surface area contributed by atoms with Gasteiger partial charge in [-0.1, -0.05) is 44.2 Å². The summed E-state index contributed by atoms with van der Waals surface area (Å²) >= 11 is 0. The Morgan fingerprint density at radius 2 is 1.75 bits per heavy atom. The average molecular weight is 371 g/mol. The molecule has 28 heavy (non-hydrogen) atoms. The largest absolute Gasteiger partial charge is 0.323 e. The number of carbonyl (C=O) groups is 1. The molecule has 0 radical (unpaired) electrons. The fourth-order valence-corrected chi connectivity index (χ4v) is 2.94. The second-order valence-corrected chi connectivity index (χ2v) is 6.16. The molecule has 3 aromatic rings. The number of hydrogen-bond acceptors (Lipinski definition) is 5. The highest BCUT2D eigenvalue weighted by molar-refractivity contribution is 6.03. The van der Waals surface area contributed by atoms with Gasteiger partial charge in [0.1, 0.15) is 11.8 Å². The van der Waals surface area contributed by atoms with E-state index in [1.54, 1.807) is 24.3 Å². The summed E-state index contributed by atoms with van der Waals surface area (Å²) in [6, 6.07) is 16.8. The lowest BCUT2D eigenvalue weighted by Gasteiger charge is -2.14. The van der Waals surface area contributed by atoms with E-state index in [2.05, 4.69) is 40.5 Å². The molecule has 140 valence electrons. The predicted molar refractivity (Wildman–Crippen MR) is 110 cm³/mol. The van der Waals surface area contributed by atoms with Crippen LogP contribution in [0.25, 0.3) is 0 Å². The lowest BCUT2D eigenvalue weighted by Crippen LogP contribution is -2.17. The maximum absolute atomic E-state index is 12.8. The first-order valence-electron chi connectivity index (χ1n) is 9.17. The predicted octanol–water partition coefficient (Wildman–Crippen LogP) is 4.47. The summed E-state index contributed by atoms with van der Waals surface area (Å²) in [7, 11) is 0. The molecule has 0 spiro atoms. The van der Waals surface area contributed by atoms with E-state index in [1.807, 2.05) is 24.3 Å². The molecule has 0 aliphatic heterocycles. The van der Waals surface area contributed by atoms with Crippen molar-refractivity contribution in [2.45, 2.75) is 26.7 Å². The molecule has 1 heterocycles. The van der Waals surface area contributed by atoms with Crippen LogP contribution in [0.4, 0.5) is 17.3 Å². The standard InChI is InChI=1S/C22H21N5O/c1-3-15-9-7-10-16(4-2)20(15)27-21(28)19-12-13-24-22(26-19)25-18-11-6-5-8-17(18)14-23/h5-13H,3-4H2,1-2H3,(H,27,28)(H,24,25,26). The molecule has 0 atom stereocenters. The molecule has 0 bridgehead atoms. The van der Waals surface area contributed by atoms with Crippen molar-refractivity contribution >= 4 is 23.2 Å². The molecular formula is C22H21N5O. The summed E-state index contributed by atoms with van der Waals surface area (Å²) in [5.41, 5.74) is 4.34. The highest BCUT2D eigenvalue weighted by Crippen LogP contribution is 2.23. The molecule has 1 aromatic heterocycles. The van der Waals surface area contributed by atoms with Crippen LogP contribution in [0.15, 0.2) is 54.7 Å². The maximum Gasteiger partial charge on any atom is 0.274 e. The van der Waals surface area contributed by atoms with Crippen LogP contribution in [0, 0.1) is 11.3 Å². The summed E-state index contributed by atoms with van der Waals surface area (Å²) in [5.74, 6) is -0.0375. The summed E-state index contributed by atoms with van der Waals surface area (Å²) in [5, 5.41) is 15.2. The Morgan fingerprint density at radius 3 is 2.43 bits per heavy atom. The number of aryl methyl sites for hydroxylation is 2. The van der Waals surface area contributed by atoms with E-state index in [0.717, 1.165) is 29.7 Å². The summed E-state index contributed by atoms with van der Waals surface area (Å²) < 4.78 is 0. The van der Waals surface area contributed by atoms with Gasteiger partial charge in [0, 0.05) is 11.9 Å². The van der Waals surface area contributed by atoms with Crippen molar-refractivity contribution in [1.29, 1.82) is 5.26 Å². The monoisotopic (exact) mass is 371 g/mol. The van der Waals surface area contributed by atoms with Gasteiger partial charge in [0.05, 0.1) is 11.3 Å². The highest BCUT2D eigenvalue weighted by atomic mass is 16.1. The number of para-hydroxylation sites is 2. The Balaban J connectivity index is 1.85. The molecule has 0 saturated heterocycles. The molecule has 0 fully saturated rings. The Bertz CT molecular complexity index is 1020. The van der Waals surface area contributed by atoms with Gasteiger partial charge in [-0.25, -0.2) is 9.97 Å². The van der Waals surface area contributed by atoms with E-state index < -0.39 is 0 Å². The highest BCUT2D eigenvalue weighted by Gasteiger charge is 2.14. The van der Waals surface area contributed by atoms with E-state index in [4.69, 9.17) is 0 Å². The molecule has 6 heteroatoms. The van der Waals surface area contributed by atoms with Gasteiger partial charge in [-0.3, -0.25) is 4.79 Å². The number of nitrogens with zero attached hydrogens (tertiary/aromatic N) is 3. The number of nitrogens with one attached hydrogen (secondary N) is 2. The second-order valence-electron chi connectivity index (χ2n) is 6.16. The number of amides is 1. The van der Waals surface area contributed by atoms with Crippen molar-refractivity contribution in [3.05, 3.63) is 77.1 Å². The summed E-state index contributed by atoms with van der Waals surface area (Å²) in [6.07, 6.45) is 3.17. The van der Waals surface area contributed by atoms with Crippen LogP contribution in [0.3, 0.4) is 0 Å². The summed E-state index contributed by atoms with van der Waals surface area (Å²) in [6.45, 7) is 4.12. The molecule has 2 N–H and O–H groups in total. The average Bonchev–Trinajstić information content (AvgIpc) is 2.74. The lowest BCUT2D eigenvalue weighted by molar-refractivity contribution is 0.102. The van der Waals surface area contributed by atoms with Gasteiger partial charge >= 0.3 is 0 Å². The van der Waals surface area contributed by atoms with Crippen LogP contribution in [0.1, 0.15) is 41.0 Å². The van der Waals surface area contributed by atoms with Crippen molar-refractivity contribution in [3.8, 4) is 6.07 Å². The number of hydrogen-bond donors (Lipinski definition) is 2. The van der Waals surface area contributed by atoms with E-state index in [0.29, 0.717) is 11.3 Å². The molecule has 0 unspecified atom stereocenters. The number of aromatic nitrogens is 2. The first-order valence-corrected chi connectivity index (χ1v) is 9.17. The zero-order chi connectivity index (χ0) is 19.9. The van der Waals surface area contributed by atoms with Crippen LogP contribution >= 0.6 is 0 Å². The van der Waals surface area contributed by atoms with Crippen molar-refractivity contribution in [1.82, 2.24) is 9.97 Å². The van der Waals surface area contributed by atoms with Crippen LogP contribution in [-0.4, -0.2) is 15.9 Å². The summed E-state index contributed by atoms with van der Waals surface area (Å²) in [4.78, 5) is 21.3. The third-order valence-electron chi connectivity index (χ3n) is 4.42. The minimum Gasteiger partial charge on any atom is -0.323 e. The number of benzene rings is 2. The van der Waals surface area contributed by atoms with Gasteiger partial charge in [0.15, 0.2) is 0 Å². The minimum absolute atomic E-state index is 0.250. The Hall–Kier alpha value is -3.72. The molecule has 0 aliphatic carbocycles. The zero-order valence-electron chi connectivity index (χ0n) is 15.9. The van der Waals surface area contributed by atoms with Crippen molar-refractivity contribution < 1.29 is 4.79 Å². The quantitative estimate of drug-likeness (QED) is 0.667. The number of anilines is 3. The number of rotatable bonds is 6. The molecule has 0 saturated carbocycles. The Kier molecular flexibility index (Phi) is 5.97. The van der Waals surface area contributed by atoms with E-state index in [-0.39, 0.29) is 17.5 Å². The van der Waals surface area contributed by atoms with Gasteiger partial charge in [-0.2, -0.15) is 5.26 Å². The van der Waals surface area contributed by atoms with Gasteiger partial charge in [-0.05, 0) is 42.2 Å². The molecular weight excluding hydrogens is 350 g/mol. The topological polar surface area (TPSA) is 90.7 Å². The van der Waals surface area contributed by atoms with Crippen molar-refractivity contribution in [3.63, 3.8) is 0 Å². The Labute approximate surface area is 164 Å². The van der Waals surface area contributed by atoms with E-state index >= 15 is 0 Å². The zero-order valence-corrected chi connectivity index (χ0v) is 15.9. The molecule has 0 aliphatic rings. The first kappa shape index (κ1) is 19.1. The first-order chi connectivity index (χ1) is 13.7. The normalized spacial score (nSPS) is 10.2. The van der Waals surface area contributed by atoms with Crippen molar-refractivity contribution in [2.24, 2.45) is 0 Å². The smallest absolute Gasteiger partial charge is 0.274 e. The lowest BCUT2D eigenvalue weighted by atomic mass is 10.0. The van der Waals surface area contributed by atoms with E-state index in [1.165, 1.54) is 6.20 Å². The minimum atomic E-state index is -0.297. The second kappa shape index (κ2) is 8.78. The fraction of sp³-hybridized carbons (Fsp3) is 0.182. The van der Waals surface area contributed by atoms with Gasteiger partial charge in [0.25, 0.3) is 5.91 Å². The molecule has 2 aromatic carbocycles. The van der Waals surface area contributed by atoms with Gasteiger partial charge in [-0.15, -0.1) is 0 Å². The molecule has 3 rings (SSSR count). The third kappa shape index (κ3) is 4.15. The van der Waals surface area contributed by atoms with E-state index in [9.17, 15) is 10.1 Å². The van der Waals surface area contributed by atoms with Crippen molar-refractivity contribution in [2.75, 3.05) is 10.6 Å². The van der Waals surface area contributed by atoms with Gasteiger partial charge in [0.2, 0.25) is 5.95 Å². The van der Waals surface area contributed by atoms with Crippen LogP contribution in [-0.2, 0) is 12.8 Å². The maximum atomic E-state index is 12.8. The van der Waals surface area contributed by atoms with Crippen LogP contribution in [0.2, 0.25) is 0 Å². The Morgan fingerprint density at radius 1 is 1.04 bits per heavy atom. The molecule has 6 nitrogen and oxygen atoms in total. The SMILES string of the molecule is CCc1cccc(CC)c1NC(=O)c1ccnc(Nc2ccccc2C#N)n1. The van der Waals surface area contributed by atoms with Crippen LogP contribution in [0.5, 0.6) is 0 Å². The third-order valence-corrected chi connectivity index (χ3v) is 4.42. The number of nitriles is 1. The van der Waals surface area contributed by atoms with Gasteiger partial charge < -0.3 is 10.6 Å².